The molecule has 17 heavy (non-hydrogen) atoms. The van der Waals surface area contributed by atoms with Gasteiger partial charge in [0, 0.05) is 46.2 Å². The van der Waals surface area contributed by atoms with E-state index in [0.29, 0.717) is 19.7 Å². The van der Waals surface area contributed by atoms with E-state index in [2.05, 4.69) is 10.3 Å². The molecule has 0 aliphatic carbocycles. The van der Waals surface area contributed by atoms with Gasteiger partial charge in [-0.25, -0.2) is 4.79 Å². The number of hydrogen-bond acceptors (Lipinski definition) is 3. The van der Waals surface area contributed by atoms with E-state index in [1.54, 1.807) is 31.5 Å². The summed E-state index contributed by atoms with van der Waals surface area (Å²) in [5, 5.41) is 2.83. The number of nitrogens with zero attached hydrogens (tertiary/aromatic N) is 2. The third-order valence-electron chi connectivity index (χ3n) is 2.36. The molecule has 0 saturated heterocycles. The number of carbonyl (C=O) groups excluding carboxylic acids is 1. The Labute approximate surface area is 102 Å². The summed E-state index contributed by atoms with van der Waals surface area (Å²) < 4.78 is 4.93. The van der Waals surface area contributed by atoms with Gasteiger partial charge in [0.1, 0.15) is 0 Å². The highest BCUT2D eigenvalue weighted by atomic mass is 16.5. The Morgan fingerprint density at radius 1 is 1.59 bits per heavy atom. The zero-order valence-corrected chi connectivity index (χ0v) is 10.3. The number of pyridine rings is 1. The van der Waals surface area contributed by atoms with Gasteiger partial charge in [-0.15, -0.1) is 0 Å². The van der Waals surface area contributed by atoms with E-state index in [1.807, 2.05) is 12.1 Å². The number of carbonyl (C=O) groups is 1. The molecule has 0 aromatic carbocycles. The lowest BCUT2D eigenvalue weighted by Crippen LogP contribution is -2.37. The molecule has 0 aliphatic rings. The maximum absolute atomic E-state index is 11.7. The second kappa shape index (κ2) is 7.62. The minimum absolute atomic E-state index is 0.0787. The number of aromatic nitrogens is 1. The van der Waals surface area contributed by atoms with Crippen LogP contribution in [-0.2, 0) is 11.3 Å². The van der Waals surface area contributed by atoms with Crippen LogP contribution in [0.5, 0.6) is 0 Å². The number of ether oxygens (including phenoxy) is 1. The molecular formula is C12H19N3O2. The van der Waals surface area contributed by atoms with Crippen molar-refractivity contribution in [2.45, 2.75) is 13.0 Å². The molecule has 1 rings (SSSR count). The predicted molar refractivity (Wildman–Crippen MR) is 65.6 cm³/mol. The minimum atomic E-state index is -0.0787. The number of methoxy groups -OCH3 is 1. The lowest BCUT2D eigenvalue weighted by Gasteiger charge is -2.17. The summed E-state index contributed by atoms with van der Waals surface area (Å²) in [5.74, 6) is 0. The molecule has 0 spiro atoms. The van der Waals surface area contributed by atoms with Crippen LogP contribution in [0.15, 0.2) is 24.5 Å². The Morgan fingerprint density at radius 2 is 2.41 bits per heavy atom. The summed E-state index contributed by atoms with van der Waals surface area (Å²) in [7, 11) is 3.43. The monoisotopic (exact) mass is 237 g/mol. The maximum Gasteiger partial charge on any atom is 0.317 e. The molecule has 5 nitrogen and oxygen atoms in total. The van der Waals surface area contributed by atoms with Crippen LogP contribution in [0, 0.1) is 0 Å². The van der Waals surface area contributed by atoms with Crippen LogP contribution in [0.25, 0.3) is 0 Å². The number of nitrogens with one attached hydrogen (secondary N) is 1. The molecule has 2 amide bonds. The second-order valence-corrected chi connectivity index (χ2v) is 3.79. The minimum Gasteiger partial charge on any atom is -0.385 e. The van der Waals surface area contributed by atoms with Crippen LogP contribution in [0.3, 0.4) is 0 Å². The van der Waals surface area contributed by atoms with E-state index in [0.717, 1.165) is 12.0 Å². The summed E-state index contributed by atoms with van der Waals surface area (Å²) in [5.41, 5.74) is 0.992. The topological polar surface area (TPSA) is 54.5 Å². The van der Waals surface area contributed by atoms with Crippen LogP contribution in [0.2, 0.25) is 0 Å². The fourth-order valence-corrected chi connectivity index (χ4v) is 1.36. The normalized spacial score (nSPS) is 10.0. The molecule has 5 heteroatoms. The fraction of sp³-hybridized carbons (Fsp3) is 0.500. The predicted octanol–water partition coefficient (Wildman–Crippen LogP) is 1.26. The number of rotatable bonds is 6. The Kier molecular flexibility index (Phi) is 6.03. The Hall–Kier alpha value is -1.62. The van der Waals surface area contributed by atoms with Crippen LogP contribution < -0.4 is 5.32 Å². The molecule has 0 fully saturated rings. The number of urea groups is 1. The first kappa shape index (κ1) is 13.4. The smallest absolute Gasteiger partial charge is 0.317 e. The highest BCUT2D eigenvalue weighted by Crippen LogP contribution is 1.96. The molecule has 0 bridgehead atoms. The van der Waals surface area contributed by atoms with Gasteiger partial charge in [0.2, 0.25) is 0 Å². The SMILES string of the molecule is COCCCN(C)C(=O)NCc1cccnc1. The zero-order valence-electron chi connectivity index (χ0n) is 10.3. The van der Waals surface area contributed by atoms with Crippen molar-refractivity contribution < 1.29 is 9.53 Å². The molecule has 0 aliphatic heterocycles. The summed E-state index contributed by atoms with van der Waals surface area (Å²) >= 11 is 0. The Balaban J connectivity index is 2.24. The van der Waals surface area contributed by atoms with Crippen LogP contribution in [-0.4, -0.2) is 43.2 Å². The van der Waals surface area contributed by atoms with E-state index in [-0.39, 0.29) is 6.03 Å². The van der Waals surface area contributed by atoms with Crippen molar-refractivity contribution in [1.82, 2.24) is 15.2 Å². The first-order valence-corrected chi connectivity index (χ1v) is 5.61. The standard InChI is InChI=1S/C12H19N3O2/c1-15(7-4-8-17-2)12(16)14-10-11-5-3-6-13-9-11/h3,5-6,9H,4,7-8,10H2,1-2H3,(H,14,16). The quantitative estimate of drug-likeness (QED) is 0.758. The summed E-state index contributed by atoms with van der Waals surface area (Å²) in [6.07, 6.45) is 4.29. The lowest BCUT2D eigenvalue weighted by atomic mass is 10.3. The van der Waals surface area contributed by atoms with Crippen LogP contribution >= 0.6 is 0 Å². The largest absolute Gasteiger partial charge is 0.385 e. The summed E-state index contributed by atoms with van der Waals surface area (Å²) in [6.45, 7) is 1.86. The van der Waals surface area contributed by atoms with Crippen molar-refractivity contribution in [1.29, 1.82) is 0 Å². The van der Waals surface area contributed by atoms with Gasteiger partial charge in [-0.2, -0.15) is 0 Å². The third-order valence-corrected chi connectivity index (χ3v) is 2.36. The van der Waals surface area contributed by atoms with Gasteiger partial charge in [-0.3, -0.25) is 4.98 Å². The van der Waals surface area contributed by atoms with Gasteiger partial charge in [0.15, 0.2) is 0 Å². The molecule has 1 heterocycles. The molecule has 0 saturated carbocycles. The molecule has 0 atom stereocenters. The summed E-state index contributed by atoms with van der Waals surface area (Å²) in [4.78, 5) is 17.3. The number of hydrogen-bond donors (Lipinski definition) is 1. The van der Waals surface area contributed by atoms with Crippen LogP contribution in [0.1, 0.15) is 12.0 Å². The molecule has 1 aromatic heterocycles. The van der Waals surface area contributed by atoms with Crippen LogP contribution in [0.4, 0.5) is 4.79 Å². The highest BCUT2D eigenvalue weighted by Gasteiger charge is 2.06. The van der Waals surface area contributed by atoms with E-state index < -0.39 is 0 Å². The first-order chi connectivity index (χ1) is 8.24. The van der Waals surface area contributed by atoms with Crippen molar-refractivity contribution in [2.24, 2.45) is 0 Å². The average molecular weight is 237 g/mol. The van der Waals surface area contributed by atoms with Crippen molar-refractivity contribution in [3.05, 3.63) is 30.1 Å². The van der Waals surface area contributed by atoms with Crippen molar-refractivity contribution in [2.75, 3.05) is 27.3 Å². The van der Waals surface area contributed by atoms with Crippen molar-refractivity contribution in [3.8, 4) is 0 Å². The average Bonchev–Trinajstić information content (AvgIpc) is 2.37. The van der Waals surface area contributed by atoms with Gasteiger partial charge >= 0.3 is 6.03 Å². The zero-order chi connectivity index (χ0) is 12.5. The van der Waals surface area contributed by atoms with Gasteiger partial charge in [0.25, 0.3) is 0 Å². The molecule has 1 aromatic rings. The fourth-order valence-electron chi connectivity index (χ4n) is 1.36. The van der Waals surface area contributed by atoms with E-state index in [1.165, 1.54) is 0 Å². The third kappa shape index (κ3) is 5.31. The molecule has 0 radical (unpaired) electrons. The lowest BCUT2D eigenvalue weighted by molar-refractivity contribution is 0.175. The molecule has 1 N–H and O–H groups in total. The second-order valence-electron chi connectivity index (χ2n) is 3.79. The van der Waals surface area contributed by atoms with Gasteiger partial charge in [0.05, 0.1) is 0 Å². The first-order valence-electron chi connectivity index (χ1n) is 5.61. The molecule has 0 unspecified atom stereocenters. The van der Waals surface area contributed by atoms with Gasteiger partial charge in [-0.1, -0.05) is 6.07 Å². The van der Waals surface area contributed by atoms with E-state index >= 15 is 0 Å². The van der Waals surface area contributed by atoms with Gasteiger partial charge < -0.3 is 15.0 Å². The van der Waals surface area contributed by atoms with E-state index in [9.17, 15) is 4.79 Å². The van der Waals surface area contributed by atoms with Crippen molar-refractivity contribution in [3.63, 3.8) is 0 Å². The molecular weight excluding hydrogens is 218 g/mol. The van der Waals surface area contributed by atoms with Crippen molar-refractivity contribution >= 4 is 6.03 Å². The van der Waals surface area contributed by atoms with Gasteiger partial charge in [-0.05, 0) is 18.1 Å². The molecule has 94 valence electrons. The summed E-state index contributed by atoms with van der Waals surface area (Å²) in [6, 6.07) is 3.70. The highest BCUT2D eigenvalue weighted by molar-refractivity contribution is 5.73. The Morgan fingerprint density at radius 3 is 3.06 bits per heavy atom. The maximum atomic E-state index is 11.7. The Bertz CT molecular complexity index is 330. The van der Waals surface area contributed by atoms with E-state index in [4.69, 9.17) is 4.74 Å². The number of amides is 2.